The van der Waals surface area contributed by atoms with E-state index in [0.29, 0.717) is 6.04 Å². The van der Waals surface area contributed by atoms with Gasteiger partial charge in [0.2, 0.25) is 0 Å². The van der Waals surface area contributed by atoms with E-state index in [1.165, 1.54) is 21.7 Å². The summed E-state index contributed by atoms with van der Waals surface area (Å²) in [5, 5.41) is 0. The first-order chi connectivity index (χ1) is 4.27. The average Bonchev–Trinajstić information content (AvgIpc) is 1.80. The first kappa shape index (κ1) is 9.76. The van der Waals surface area contributed by atoms with Crippen molar-refractivity contribution >= 4 is 21.1 Å². The van der Waals surface area contributed by atoms with Crippen molar-refractivity contribution < 1.29 is 0 Å². The Morgan fingerprint density at radius 3 is 2.67 bits per heavy atom. The van der Waals surface area contributed by atoms with Crippen LogP contribution in [0.5, 0.6) is 0 Å². The zero-order valence-corrected chi connectivity index (χ0v) is 9.34. The Hall–Kier alpha value is 0.759. The monoisotopic (exact) mass is 235 g/mol. The Morgan fingerprint density at radius 2 is 2.22 bits per heavy atom. The molecule has 1 unspecified atom stereocenters. The summed E-state index contributed by atoms with van der Waals surface area (Å²) < 4.78 is 3.02. The maximum absolute atomic E-state index is 5.59. The van der Waals surface area contributed by atoms with Crippen molar-refractivity contribution in [1.29, 1.82) is 0 Å². The topological polar surface area (TPSA) is 26.0 Å². The van der Waals surface area contributed by atoms with Gasteiger partial charge in [0.25, 0.3) is 0 Å². The third-order valence-electron chi connectivity index (χ3n) is 1.26. The van der Waals surface area contributed by atoms with Crippen LogP contribution in [0.15, 0.2) is 0 Å². The first-order valence-corrected chi connectivity index (χ1v) is 7.77. The second-order valence-electron chi connectivity index (χ2n) is 2.47. The van der Waals surface area contributed by atoms with Crippen LogP contribution in [0.25, 0.3) is 0 Å². The minimum absolute atomic E-state index is 0.0892. The zero-order valence-electron chi connectivity index (χ0n) is 6.48. The molecule has 0 amide bonds. The fraction of sp³-hybridized carbons (Fsp3) is 1.00. The van der Waals surface area contributed by atoms with Crippen LogP contribution in [-0.4, -0.2) is 27.2 Å². The van der Waals surface area contributed by atoms with Crippen molar-refractivity contribution in [3.05, 3.63) is 0 Å². The van der Waals surface area contributed by atoms with Crippen LogP contribution >= 0.6 is 0 Å². The summed E-state index contributed by atoms with van der Waals surface area (Å²) in [6, 6.07) is 0.432. The molecule has 0 aliphatic carbocycles. The fourth-order valence-electron chi connectivity index (χ4n) is 0.726. The second kappa shape index (κ2) is 6.87. The molecule has 0 aromatic carbocycles. The zero-order chi connectivity index (χ0) is 7.11. The molecule has 9 heavy (non-hydrogen) atoms. The molecule has 0 aromatic heterocycles. The Morgan fingerprint density at radius 1 is 1.56 bits per heavy atom. The van der Waals surface area contributed by atoms with Gasteiger partial charge in [-0.25, -0.2) is 0 Å². The van der Waals surface area contributed by atoms with E-state index in [2.05, 4.69) is 13.8 Å². The van der Waals surface area contributed by atoms with Gasteiger partial charge < -0.3 is 0 Å². The van der Waals surface area contributed by atoms with E-state index < -0.39 is 0 Å². The SMILES string of the molecule is C[CH2][Sn][CH2]CCC(C)N. The molecule has 0 fully saturated rings. The van der Waals surface area contributed by atoms with Crippen LogP contribution in [-0.2, 0) is 0 Å². The molecule has 54 valence electrons. The van der Waals surface area contributed by atoms with Crippen LogP contribution in [0, 0.1) is 0 Å². The number of hydrogen-bond donors (Lipinski definition) is 1. The molecule has 2 heteroatoms. The second-order valence-corrected chi connectivity index (χ2v) is 7.35. The summed E-state index contributed by atoms with van der Waals surface area (Å²) in [4.78, 5) is 0. The number of rotatable bonds is 5. The van der Waals surface area contributed by atoms with Crippen LogP contribution in [0.1, 0.15) is 26.7 Å². The Bertz CT molecular complexity index is 54.9. The predicted molar refractivity (Wildman–Crippen MR) is 43.9 cm³/mol. The van der Waals surface area contributed by atoms with E-state index in [1.807, 2.05) is 0 Å². The van der Waals surface area contributed by atoms with Crippen LogP contribution in [0.4, 0.5) is 0 Å². The maximum atomic E-state index is 5.59. The van der Waals surface area contributed by atoms with Gasteiger partial charge in [0, 0.05) is 0 Å². The predicted octanol–water partition coefficient (Wildman–Crippen LogP) is 1.67. The molecule has 0 heterocycles. The van der Waals surface area contributed by atoms with Gasteiger partial charge in [0.15, 0.2) is 0 Å². The number of nitrogens with two attached hydrogens (primary N) is 1. The molecule has 0 saturated heterocycles. The van der Waals surface area contributed by atoms with E-state index in [9.17, 15) is 0 Å². The number of hydrogen-bond acceptors (Lipinski definition) is 1. The van der Waals surface area contributed by atoms with E-state index >= 15 is 0 Å². The molecule has 0 aromatic rings. The van der Waals surface area contributed by atoms with Crippen LogP contribution in [0.2, 0.25) is 8.87 Å². The standard InChI is InChI=1S/C5H12N.C2H5.Sn/c1-3-4-5(2)6;1-2;/h5H,1,3-4,6H2,2H3;1H2,2H3;. The molecule has 2 radical (unpaired) electrons. The van der Waals surface area contributed by atoms with Crippen molar-refractivity contribution in [3.8, 4) is 0 Å². The van der Waals surface area contributed by atoms with E-state index in [0.717, 1.165) is 0 Å². The molecule has 0 rings (SSSR count). The Kier molecular flexibility index (Phi) is 7.45. The summed E-state index contributed by atoms with van der Waals surface area (Å²) >= 11 is 0.0892. The van der Waals surface area contributed by atoms with Gasteiger partial charge in [-0.15, -0.1) is 0 Å². The molecule has 2 N–H and O–H groups in total. The van der Waals surface area contributed by atoms with Gasteiger partial charge >= 0.3 is 68.5 Å². The van der Waals surface area contributed by atoms with Crippen molar-refractivity contribution in [3.63, 3.8) is 0 Å². The van der Waals surface area contributed by atoms with Gasteiger partial charge in [-0.3, -0.25) is 0 Å². The summed E-state index contributed by atoms with van der Waals surface area (Å²) in [6.45, 7) is 4.40. The third-order valence-corrected chi connectivity index (χ3v) is 4.71. The Labute approximate surface area is 68.6 Å². The molecule has 0 spiro atoms. The summed E-state index contributed by atoms with van der Waals surface area (Å²) in [7, 11) is 0. The van der Waals surface area contributed by atoms with Crippen molar-refractivity contribution in [2.45, 2.75) is 41.6 Å². The van der Waals surface area contributed by atoms with Gasteiger partial charge in [0.05, 0.1) is 0 Å². The van der Waals surface area contributed by atoms with E-state index in [1.54, 1.807) is 0 Å². The van der Waals surface area contributed by atoms with E-state index in [-0.39, 0.29) is 21.1 Å². The normalized spacial score (nSPS) is 13.7. The van der Waals surface area contributed by atoms with Gasteiger partial charge in [-0.05, 0) is 0 Å². The van der Waals surface area contributed by atoms with E-state index in [4.69, 9.17) is 5.73 Å². The van der Waals surface area contributed by atoms with Gasteiger partial charge in [0.1, 0.15) is 0 Å². The van der Waals surface area contributed by atoms with Crippen molar-refractivity contribution in [1.82, 2.24) is 0 Å². The molecule has 1 atom stereocenters. The molecule has 0 bridgehead atoms. The molecular weight excluding hydrogens is 217 g/mol. The van der Waals surface area contributed by atoms with Gasteiger partial charge in [-0.2, -0.15) is 0 Å². The fourth-order valence-corrected chi connectivity index (χ4v) is 3.03. The summed E-state index contributed by atoms with van der Waals surface area (Å²) in [5.41, 5.74) is 5.59. The molecule has 1 nitrogen and oxygen atoms in total. The Balaban J connectivity index is 2.75. The van der Waals surface area contributed by atoms with Crippen molar-refractivity contribution in [2.75, 3.05) is 0 Å². The quantitative estimate of drug-likeness (QED) is 0.568. The summed E-state index contributed by atoms with van der Waals surface area (Å²) in [6.07, 6.45) is 2.62. The van der Waals surface area contributed by atoms with Crippen LogP contribution in [0.3, 0.4) is 0 Å². The molecule has 0 aliphatic heterocycles. The third kappa shape index (κ3) is 8.76. The summed E-state index contributed by atoms with van der Waals surface area (Å²) in [5.74, 6) is 0. The molecule has 0 aliphatic rings. The van der Waals surface area contributed by atoms with Crippen LogP contribution < -0.4 is 5.73 Å². The first-order valence-electron chi connectivity index (χ1n) is 3.73. The minimum atomic E-state index is 0.0892. The van der Waals surface area contributed by atoms with Crippen molar-refractivity contribution in [2.24, 2.45) is 5.73 Å². The molecular formula is C7H17NSn. The average molecular weight is 234 g/mol. The van der Waals surface area contributed by atoms with Gasteiger partial charge in [-0.1, -0.05) is 0 Å². The molecule has 0 saturated carbocycles.